The van der Waals surface area contributed by atoms with E-state index >= 15 is 0 Å². The molecule has 1 unspecified atom stereocenters. The standard InChI is InChI=1S/C32H30N2O7S/c1-20-28(31(37)40-16-15-38-2)29(23-10-12-24(13-11-23)41-19-21-7-5-4-6-8-21)34-30(36)27(42-32(34)33-20)18-22-9-14-25(35)26(17-22)39-3/h4-14,17-18,29,35H,15-16,19H2,1-3H3. The molecule has 4 aromatic rings. The molecule has 9 nitrogen and oxygen atoms in total. The van der Waals surface area contributed by atoms with Crippen molar-refractivity contribution in [2.45, 2.75) is 19.6 Å². The second kappa shape index (κ2) is 12.9. The van der Waals surface area contributed by atoms with Crippen LogP contribution >= 0.6 is 11.3 Å². The van der Waals surface area contributed by atoms with Crippen molar-refractivity contribution in [3.8, 4) is 17.2 Å². The van der Waals surface area contributed by atoms with Gasteiger partial charge in [-0.2, -0.15) is 0 Å². The molecular weight excluding hydrogens is 556 g/mol. The zero-order valence-corrected chi connectivity index (χ0v) is 24.2. The van der Waals surface area contributed by atoms with Crippen LogP contribution in [0.25, 0.3) is 6.08 Å². The van der Waals surface area contributed by atoms with E-state index in [9.17, 15) is 14.7 Å². The maximum absolute atomic E-state index is 13.9. The van der Waals surface area contributed by atoms with Gasteiger partial charge in [-0.25, -0.2) is 9.79 Å². The van der Waals surface area contributed by atoms with E-state index in [-0.39, 0.29) is 30.1 Å². The molecule has 0 spiro atoms. The second-order valence-electron chi connectivity index (χ2n) is 9.49. The van der Waals surface area contributed by atoms with E-state index in [1.54, 1.807) is 25.1 Å². The predicted octanol–water partition coefficient (Wildman–Crippen LogP) is 3.72. The zero-order valence-electron chi connectivity index (χ0n) is 23.4. The summed E-state index contributed by atoms with van der Waals surface area (Å²) in [6, 6.07) is 21.2. The van der Waals surface area contributed by atoms with E-state index in [2.05, 4.69) is 4.99 Å². The highest BCUT2D eigenvalue weighted by Gasteiger charge is 2.33. The lowest BCUT2D eigenvalue weighted by Gasteiger charge is -2.25. The van der Waals surface area contributed by atoms with Crippen LogP contribution < -0.4 is 24.4 Å². The van der Waals surface area contributed by atoms with Crippen LogP contribution in [0.15, 0.2) is 93.9 Å². The Morgan fingerprint density at radius 3 is 2.52 bits per heavy atom. The number of hydrogen-bond acceptors (Lipinski definition) is 9. The van der Waals surface area contributed by atoms with Crippen molar-refractivity contribution < 1.29 is 28.8 Å². The monoisotopic (exact) mass is 586 g/mol. The molecule has 0 fully saturated rings. The minimum atomic E-state index is -0.768. The van der Waals surface area contributed by atoms with Crippen LogP contribution in [0.5, 0.6) is 17.2 Å². The molecule has 1 aliphatic heterocycles. The van der Waals surface area contributed by atoms with Gasteiger partial charge in [-0.05, 0) is 54.0 Å². The predicted molar refractivity (Wildman–Crippen MR) is 158 cm³/mol. The summed E-state index contributed by atoms with van der Waals surface area (Å²) in [5.74, 6) is 0.377. The van der Waals surface area contributed by atoms with Gasteiger partial charge in [0.05, 0.1) is 35.6 Å². The lowest BCUT2D eigenvalue weighted by molar-refractivity contribution is -0.140. The molecule has 0 bridgehead atoms. The van der Waals surface area contributed by atoms with Crippen LogP contribution in [0.1, 0.15) is 29.7 Å². The average molecular weight is 587 g/mol. The van der Waals surface area contributed by atoms with Crippen LogP contribution in [-0.2, 0) is 20.9 Å². The number of hydrogen-bond donors (Lipinski definition) is 1. The highest BCUT2D eigenvalue weighted by atomic mass is 32.1. The molecule has 1 aliphatic rings. The van der Waals surface area contributed by atoms with Crippen molar-refractivity contribution in [3.63, 3.8) is 0 Å². The van der Waals surface area contributed by atoms with E-state index in [0.717, 1.165) is 5.56 Å². The van der Waals surface area contributed by atoms with E-state index in [1.807, 2.05) is 54.6 Å². The number of benzene rings is 3. The Bertz CT molecular complexity index is 1790. The highest BCUT2D eigenvalue weighted by Crippen LogP contribution is 2.32. The summed E-state index contributed by atoms with van der Waals surface area (Å²) < 4.78 is 23.6. The van der Waals surface area contributed by atoms with Gasteiger partial charge < -0.3 is 24.1 Å². The Morgan fingerprint density at radius 1 is 1.05 bits per heavy atom. The number of esters is 1. The molecule has 3 aromatic carbocycles. The molecule has 216 valence electrons. The third-order valence-electron chi connectivity index (χ3n) is 6.71. The Kier molecular flexibility index (Phi) is 8.85. The quantitative estimate of drug-likeness (QED) is 0.223. The van der Waals surface area contributed by atoms with Crippen molar-refractivity contribution in [2.75, 3.05) is 27.4 Å². The number of ether oxygens (including phenoxy) is 4. The van der Waals surface area contributed by atoms with E-state index in [4.69, 9.17) is 18.9 Å². The first kappa shape index (κ1) is 28.8. The summed E-state index contributed by atoms with van der Waals surface area (Å²) in [5, 5.41) is 9.96. The first-order valence-electron chi connectivity index (χ1n) is 13.2. The molecule has 1 atom stereocenters. The van der Waals surface area contributed by atoms with Crippen LogP contribution in [0.2, 0.25) is 0 Å². The number of carbonyl (C=O) groups is 1. The molecule has 0 saturated heterocycles. The largest absolute Gasteiger partial charge is 0.504 e. The fourth-order valence-electron chi connectivity index (χ4n) is 4.62. The number of aromatic hydroxyl groups is 1. The molecule has 10 heteroatoms. The topological polar surface area (TPSA) is 109 Å². The van der Waals surface area contributed by atoms with Crippen LogP contribution in [-0.4, -0.2) is 43.1 Å². The maximum Gasteiger partial charge on any atom is 0.338 e. The number of nitrogens with zero attached hydrogens (tertiary/aromatic N) is 2. The number of fused-ring (bicyclic) bond motifs is 1. The summed E-state index contributed by atoms with van der Waals surface area (Å²) in [6.07, 6.45) is 1.71. The molecule has 0 radical (unpaired) electrons. The summed E-state index contributed by atoms with van der Waals surface area (Å²) in [6.45, 7) is 2.46. The van der Waals surface area contributed by atoms with Gasteiger partial charge in [0.2, 0.25) is 0 Å². The number of phenolic OH excluding ortho intramolecular Hbond substituents is 1. The van der Waals surface area contributed by atoms with E-state index in [1.165, 1.54) is 36.2 Å². The maximum atomic E-state index is 13.9. The lowest BCUT2D eigenvalue weighted by atomic mass is 9.96. The number of aromatic nitrogens is 1. The minimum Gasteiger partial charge on any atom is -0.504 e. The first-order chi connectivity index (χ1) is 20.4. The normalized spacial score (nSPS) is 14.7. The Labute approximate surface area is 246 Å². The molecule has 0 saturated carbocycles. The second-order valence-corrected chi connectivity index (χ2v) is 10.5. The van der Waals surface area contributed by atoms with Gasteiger partial charge in [-0.1, -0.05) is 59.9 Å². The fraction of sp³-hybridized carbons (Fsp3) is 0.219. The Hall–Kier alpha value is -4.67. The van der Waals surface area contributed by atoms with Gasteiger partial charge >= 0.3 is 5.97 Å². The SMILES string of the molecule is COCCOC(=O)C1=C(C)N=c2sc(=Cc3ccc(O)c(OC)c3)c(=O)n2C1c1ccc(OCc2ccccc2)cc1. The van der Waals surface area contributed by atoms with E-state index in [0.29, 0.717) is 44.3 Å². The van der Waals surface area contributed by atoms with Crippen LogP contribution in [0, 0.1) is 0 Å². The number of phenols is 1. The molecule has 0 amide bonds. The fourth-order valence-corrected chi connectivity index (χ4v) is 5.66. The number of carbonyl (C=O) groups excluding carboxylic acids is 1. The van der Waals surface area contributed by atoms with Gasteiger partial charge in [0.1, 0.15) is 19.0 Å². The zero-order chi connectivity index (χ0) is 29.6. The Morgan fingerprint density at radius 2 is 1.81 bits per heavy atom. The molecule has 5 rings (SSSR count). The molecule has 2 heterocycles. The third kappa shape index (κ3) is 6.14. The van der Waals surface area contributed by atoms with Gasteiger partial charge in [-0.3, -0.25) is 9.36 Å². The Balaban J connectivity index is 1.55. The number of thiazole rings is 1. The lowest BCUT2D eigenvalue weighted by Crippen LogP contribution is -2.40. The van der Waals surface area contributed by atoms with Gasteiger partial charge in [0, 0.05) is 7.11 Å². The van der Waals surface area contributed by atoms with Crippen LogP contribution in [0.3, 0.4) is 0 Å². The number of allylic oxidation sites excluding steroid dienone is 1. The smallest absolute Gasteiger partial charge is 0.338 e. The third-order valence-corrected chi connectivity index (χ3v) is 7.69. The molecule has 0 aliphatic carbocycles. The minimum absolute atomic E-state index is 0.000410. The highest BCUT2D eigenvalue weighted by molar-refractivity contribution is 7.07. The van der Waals surface area contributed by atoms with Crippen molar-refractivity contribution in [1.29, 1.82) is 0 Å². The number of rotatable bonds is 10. The molecular formula is C32H30N2O7S. The number of methoxy groups -OCH3 is 2. The first-order valence-corrected chi connectivity index (χ1v) is 14.0. The average Bonchev–Trinajstić information content (AvgIpc) is 3.31. The van der Waals surface area contributed by atoms with Crippen molar-refractivity contribution in [3.05, 3.63) is 120 Å². The summed E-state index contributed by atoms with van der Waals surface area (Å²) in [4.78, 5) is 32.3. The molecule has 1 N–H and O–H groups in total. The summed E-state index contributed by atoms with van der Waals surface area (Å²) in [7, 11) is 2.98. The van der Waals surface area contributed by atoms with Gasteiger partial charge in [-0.15, -0.1) is 0 Å². The molecule has 42 heavy (non-hydrogen) atoms. The summed E-state index contributed by atoms with van der Waals surface area (Å²) >= 11 is 1.21. The summed E-state index contributed by atoms with van der Waals surface area (Å²) in [5.41, 5.74) is 2.84. The van der Waals surface area contributed by atoms with Crippen molar-refractivity contribution >= 4 is 23.4 Å². The van der Waals surface area contributed by atoms with Crippen molar-refractivity contribution in [1.82, 2.24) is 4.57 Å². The van der Waals surface area contributed by atoms with Crippen LogP contribution in [0.4, 0.5) is 0 Å². The van der Waals surface area contributed by atoms with Gasteiger partial charge in [0.25, 0.3) is 5.56 Å². The van der Waals surface area contributed by atoms with Gasteiger partial charge in [0.15, 0.2) is 16.3 Å². The van der Waals surface area contributed by atoms with E-state index < -0.39 is 12.0 Å². The molecule has 1 aromatic heterocycles. The van der Waals surface area contributed by atoms with Crippen molar-refractivity contribution in [2.24, 2.45) is 4.99 Å².